The summed E-state index contributed by atoms with van der Waals surface area (Å²) in [6.45, 7) is 2.98. The van der Waals surface area contributed by atoms with E-state index in [9.17, 15) is 14.7 Å². The zero-order valence-electron chi connectivity index (χ0n) is 13.1. The van der Waals surface area contributed by atoms with Gasteiger partial charge >= 0.3 is 5.97 Å². The largest absolute Gasteiger partial charge is 0.480 e. The lowest BCUT2D eigenvalue weighted by atomic mass is 10.1. The first-order valence-corrected chi connectivity index (χ1v) is 7.42. The molecule has 0 radical (unpaired) electrons. The molecule has 1 unspecified atom stereocenters. The van der Waals surface area contributed by atoms with E-state index in [0.29, 0.717) is 30.0 Å². The van der Waals surface area contributed by atoms with E-state index in [0.717, 1.165) is 5.39 Å². The minimum absolute atomic E-state index is 0.176. The molecule has 2 aromatic rings. The van der Waals surface area contributed by atoms with Crippen LogP contribution in [-0.2, 0) is 4.79 Å². The van der Waals surface area contributed by atoms with E-state index in [1.807, 2.05) is 6.07 Å². The van der Waals surface area contributed by atoms with Gasteiger partial charge in [0.15, 0.2) is 5.65 Å². The van der Waals surface area contributed by atoms with Crippen molar-refractivity contribution in [2.75, 3.05) is 26.7 Å². The molecule has 1 N–H and O–H groups in total. The molecule has 0 spiro atoms. The molecule has 23 heavy (non-hydrogen) atoms. The topological polar surface area (TPSA) is 86.6 Å². The summed E-state index contributed by atoms with van der Waals surface area (Å²) < 4.78 is 0. The molecule has 2 aromatic heterocycles. The Kier molecular flexibility index (Phi) is 3.96. The van der Waals surface area contributed by atoms with Crippen LogP contribution in [0.1, 0.15) is 16.1 Å². The molecule has 0 aromatic carbocycles. The number of carbonyl (C=O) groups is 2. The number of carboxylic acid groups (broad SMARTS) is 1. The number of aryl methyl sites for hydroxylation is 1. The smallest absolute Gasteiger partial charge is 0.322 e. The van der Waals surface area contributed by atoms with Crippen LogP contribution in [0.3, 0.4) is 0 Å². The van der Waals surface area contributed by atoms with Gasteiger partial charge in [-0.15, -0.1) is 0 Å². The molecule has 3 rings (SSSR count). The SMILES string of the molecule is Cc1nc2ncccc2cc1C(=O)N1CCN(C)C(C(=O)O)C1. The Morgan fingerprint density at radius 3 is 2.87 bits per heavy atom. The molecule has 1 saturated heterocycles. The molecule has 7 heteroatoms. The number of pyridine rings is 2. The van der Waals surface area contributed by atoms with Crippen molar-refractivity contribution in [1.29, 1.82) is 0 Å². The van der Waals surface area contributed by atoms with Gasteiger partial charge < -0.3 is 10.0 Å². The van der Waals surface area contributed by atoms with Gasteiger partial charge in [-0.2, -0.15) is 0 Å². The molecular formula is C16H18N4O3. The average Bonchev–Trinajstić information content (AvgIpc) is 2.53. The predicted molar refractivity (Wildman–Crippen MR) is 84.2 cm³/mol. The van der Waals surface area contributed by atoms with Gasteiger partial charge in [0.25, 0.3) is 5.91 Å². The standard InChI is InChI=1S/C16H18N4O3/c1-10-12(8-11-4-3-5-17-14(11)18-10)15(21)20-7-6-19(2)13(9-20)16(22)23/h3-5,8,13H,6-7,9H2,1-2H3,(H,22,23). The second-order valence-electron chi connectivity index (χ2n) is 5.76. The molecule has 7 nitrogen and oxygen atoms in total. The van der Waals surface area contributed by atoms with Gasteiger partial charge in [0.05, 0.1) is 11.3 Å². The second kappa shape index (κ2) is 5.92. The molecule has 1 aliphatic rings. The summed E-state index contributed by atoms with van der Waals surface area (Å²) in [4.78, 5) is 36.0. The fourth-order valence-electron chi connectivity index (χ4n) is 2.81. The number of likely N-dealkylation sites (N-methyl/N-ethyl adjacent to an activating group) is 1. The Morgan fingerprint density at radius 1 is 1.35 bits per heavy atom. The minimum atomic E-state index is -0.914. The molecule has 120 valence electrons. The van der Waals surface area contributed by atoms with Crippen LogP contribution in [0, 0.1) is 6.92 Å². The number of hydrogen-bond donors (Lipinski definition) is 1. The molecule has 0 bridgehead atoms. The number of hydrogen-bond acceptors (Lipinski definition) is 5. The number of aromatic nitrogens is 2. The van der Waals surface area contributed by atoms with Crippen LogP contribution in [0.25, 0.3) is 11.0 Å². The minimum Gasteiger partial charge on any atom is -0.480 e. The van der Waals surface area contributed by atoms with E-state index in [-0.39, 0.29) is 12.5 Å². The van der Waals surface area contributed by atoms with Crippen molar-refractivity contribution in [2.45, 2.75) is 13.0 Å². The third-order valence-corrected chi connectivity index (χ3v) is 4.23. The zero-order valence-corrected chi connectivity index (χ0v) is 13.1. The number of fused-ring (bicyclic) bond motifs is 1. The van der Waals surface area contributed by atoms with Crippen LogP contribution in [0.15, 0.2) is 24.4 Å². The molecular weight excluding hydrogens is 296 g/mol. The highest BCUT2D eigenvalue weighted by atomic mass is 16.4. The summed E-state index contributed by atoms with van der Waals surface area (Å²) in [5.41, 5.74) is 1.70. The molecule has 1 fully saturated rings. The van der Waals surface area contributed by atoms with Gasteiger partial charge in [-0.05, 0) is 32.2 Å². The van der Waals surface area contributed by atoms with Gasteiger partial charge in [0.2, 0.25) is 0 Å². The lowest BCUT2D eigenvalue weighted by molar-refractivity contribution is -0.144. The number of rotatable bonds is 2. The predicted octanol–water partition coefficient (Wildman–Crippen LogP) is 0.779. The first-order chi connectivity index (χ1) is 11.0. The maximum atomic E-state index is 12.8. The molecule has 0 aliphatic carbocycles. The third-order valence-electron chi connectivity index (χ3n) is 4.23. The van der Waals surface area contributed by atoms with E-state index in [1.165, 1.54) is 0 Å². The maximum absolute atomic E-state index is 12.8. The van der Waals surface area contributed by atoms with Crippen molar-refractivity contribution in [3.8, 4) is 0 Å². The van der Waals surface area contributed by atoms with Crippen LogP contribution in [-0.4, -0.2) is 69.5 Å². The van der Waals surface area contributed by atoms with Crippen molar-refractivity contribution in [2.24, 2.45) is 0 Å². The Morgan fingerprint density at radius 2 is 2.13 bits per heavy atom. The van der Waals surface area contributed by atoms with Crippen LogP contribution in [0.2, 0.25) is 0 Å². The average molecular weight is 314 g/mol. The van der Waals surface area contributed by atoms with Gasteiger partial charge in [-0.1, -0.05) is 0 Å². The highest BCUT2D eigenvalue weighted by Gasteiger charge is 2.33. The first-order valence-electron chi connectivity index (χ1n) is 7.42. The number of piperazine rings is 1. The van der Waals surface area contributed by atoms with Crippen LogP contribution in [0.4, 0.5) is 0 Å². The van der Waals surface area contributed by atoms with E-state index < -0.39 is 12.0 Å². The monoisotopic (exact) mass is 314 g/mol. The number of amides is 1. The lowest BCUT2D eigenvalue weighted by Gasteiger charge is -2.37. The number of aliphatic carboxylic acids is 1. The Bertz CT molecular complexity index is 777. The van der Waals surface area contributed by atoms with Gasteiger partial charge in [0.1, 0.15) is 6.04 Å². The van der Waals surface area contributed by atoms with E-state index in [4.69, 9.17) is 0 Å². The summed E-state index contributed by atoms with van der Waals surface area (Å²) in [6.07, 6.45) is 1.66. The summed E-state index contributed by atoms with van der Waals surface area (Å²) in [7, 11) is 1.76. The molecule has 1 aliphatic heterocycles. The van der Waals surface area contributed by atoms with Crippen LogP contribution in [0.5, 0.6) is 0 Å². The fourth-order valence-corrected chi connectivity index (χ4v) is 2.81. The number of carbonyl (C=O) groups excluding carboxylic acids is 1. The third kappa shape index (κ3) is 2.87. The van der Waals surface area contributed by atoms with Crippen molar-refractivity contribution in [3.05, 3.63) is 35.7 Å². The Hall–Kier alpha value is -2.54. The van der Waals surface area contributed by atoms with Crippen molar-refractivity contribution in [1.82, 2.24) is 19.8 Å². The van der Waals surface area contributed by atoms with Crippen LogP contribution < -0.4 is 0 Å². The quantitative estimate of drug-likeness (QED) is 0.881. The summed E-state index contributed by atoms with van der Waals surface area (Å²) in [5, 5.41) is 10.1. The van der Waals surface area contributed by atoms with Gasteiger partial charge in [-0.3, -0.25) is 14.5 Å². The maximum Gasteiger partial charge on any atom is 0.322 e. The van der Waals surface area contributed by atoms with Crippen molar-refractivity contribution >= 4 is 22.9 Å². The Balaban J connectivity index is 1.91. The first kappa shape index (κ1) is 15.4. The molecule has 1 atom stereocenters. The number of carboxylic acids is 1. The van der Waals surface area contributed by atoms with Crippen LogP contribution >= 0.6 is 0 Å². The highest BCUT2D eigenvalue weighted by Crippen LogP contribution is 2.18. The van der Waals surface area contributed by atoms with E-state index >= 15 is 0 Å². The second-order valence-corrected chi connectivity index (χ2v) is 5.76. The molecule has 1 amide bonds. The van der Waals surface area contributed by atoms with E-state index in [2.05, 4.69) is 9.97 Å². The summed E-state index contributed by atoms with van der Waals surface area (Å²) in [6, 6.07) is 4.75. The highest BCUT2D eigenvalue weighted by molar-refractivity contribution is 5.98. The Labute approximate surface area is 133 Å². The lowest BCUT2D eigenvalue weighted by Crippen LogP contribution is -2.56. The summed E-state index contributed by atoms with van der Waals surface area (Å²) >= 11 is 0. The number of nitrogens with zero attached hydrogens (tertiary/aromatic N) is 4. The van der Waals surface area contributed by atoms with Crippen molar-refractivity contribution in [3.63, 3.8) is 0 Å². The normalized spacial score (nSPS) is 19.0. The van der Waals surface area contributed by atoms with Gasteiger partial charge in [0, 0.05) is 31.2 Å². The van der Waals surface area contributed by atoms with E-state index in [1.54, 1.807) is 42.1 Å². The van der Waals surface area contributed by atoms with Gasteiger partial charge in [-0.25, -0.2) is 9.97 Å². The summed E-state index contributed by atoms with van der Waals surface area (Å²) in [5.74, 6) is -1.09. The zero-order chi connectivity index (χ0) is 16.6. The fraction of sp³-hybridized carbons (Fsp3) is 0.375. The molecule has 3 heterocycles. The van der Waals surface area contributed by atoms with Crippen molar-refractivity contribution < 1.29 is 14.7 Å². The molecule has 0 saturated carbocycles.